The van der Waals surface area contributed by atoms with E-state index < -0.39 is 0 Å². The predicted molar refractivity (Wildman–Crippen MR) is 141 cm³/mol. The van der Waals surface area contributed by atoms with E-state index in [4.69, 9.17) is 14.2 Å². The Labute approximate surface area is 212 Å². The lowest BCUT2D eigenvalue weighted by Crippen LogP contribution is -2.28. The third kappa shape index (κ3) is 8.02. The maximum Gasteiger partial charge on any atom is 0.262 e. The van der Waals surface area contributed by atoms with Crippen LogP contribution in [0, 0.1) is 0 Å². The molecule has 0 saturated heterocycles. The molecule has 0 radical (unpaired) electrons. The predicted octanol–water partition coefficient (Wildman–Crippen LogP) is 4.69. The van der Waals surface area contributed by atoms with Crippen LogP contribution in [0.4, 0.5) is 11.4 Å². The summed E-state index contributed by atoms with van der Waals surface area (Å²) in [5.74, 6) is 1.18. The van der Waals surface area contributed by atoms with Crippen LogP contribution in [0.2, 0.25) is 0 Å². The summed E-state index contributed by atoms with van der Waals surface area (Å²) in [4.78, 5) is 27.2. The fraction of sp³-hybridized carbons (Fsp3) is 0.286. The van der Waals surface area contributed by atoms with Gasteiger partial charge in [-0.25, -0.2) is 0 Å². The van der Waals surface area contributed by atoms with Gasteiger partial charge in [0.1, 0.15) is 23.9 Å². The highest BCUT2D eigenvalue weighted by atomic mass is 16.5. The smallest absolute Gasteiger partial charge is 0.262 e. The summed E-state index contributed by atoms with van der Waals surface area (Å²) in [7, 11) is 1.56. The number of rotatable bonds is 13. The first-order valence-corrected chi connectivity index (χ1v) is 11.9. The zero-order chi connectivity index (χ0) is 25.8. The topological polar surface area (TPSA) is 89.1 Å². The first-order chi connectivity index (χ1) is 17.5. The number of carbonyl (C=O) groups excluding carboxylic acids is 2. The van der Waals surface area contributed by atoms with Crippen LogP contribution in [-0.4, -0.2) is 56.7 Å². The Morgan fingerprint density at radius 1 is 0.833 bits per heavy atom. The van der Waals surface area contributed by atoms with Crippen molar-refractivity contribution in [2.45, 2.75) is 13.8 Å². The summed E-state index contributed by atoms with van der Waals surface area (Å²) >= 11 is 0. The van der Waals surface area contributed by atoms with E-state index >= 15 is 0 Å². The van der Waals surface area contributed by atoms with Gasteiger partial charge in [0.05, 0.1) is 12.8 Å². The summed E-state index contributed by atoms with van der Waals surface area (Å²) in [6.45, 7) is 7.34. The summed E-state index contributed by atoms with van der Waals surface area (Å²) in [6.07, 6.45) is 0. The Bertz CT molecular complexity index is 1130. The van der Waals surface area contributed by atoms with Gasteiger partial charge in [-0.05, 0) is 61.6 Å². The molecule has 3 aromatic rings. The molecule has 0 aromatic heterocycles. The van der Waals surface area contributed by atoms with E-state index in [1.54, 1.807) is 55.6 Å². The van der Waals surface area contributed by atoms with Gasteiger partial charge in [0.2, 0.25) is 0 Å². The minimum Gasteiger partial charge on any atom is -0.497 e. The molecular formula is C28H33N3O5. The zero-order valence-corrected chi connectivity index (χ0v) is 21.0. The van der Waals surface area contributed by atoms with Gasteiger partial charge in [-0.15, -0.1) is 0 Å². The van der Waals surface area contributed by atoms with E-state index in [1.165, 1.54) is 0 Å². The maximum absolute atomic E-state index is 12.8. The maximum atomic E-state index is 12.8. The monoisotopic (exact) mass is 491 g/mol. The molecule has 0 fully saturated rings. The molecule has 2 N–H and O–H groups in total. The highest BCUT2D eigenvalue weighted by molar-refractivity contribution is 6.05. The number of nitrogens with one attached hydrogen (secondary N) is 2. The van der Waals surface area contributed by atoms with Crippen LogP contribution in [0.3, 0.4) is 0 Å². The number of hydrogen-bond acceptors (Lipinski definition) is 6. The molecule has 0 aliphatic heterocycles. The van der Waals surface area contributed by atoms with Gasteiger partial charge in [-0.3, -0.25) is 9.59 Å². The highest BCUT2D eigenvalue weighted by Gasteiger charge is 2.11. The number of carbonyl (C=O) groups is 2. The second-order valence-corrected chi connectivity index (χ2v) is 7.92. The van der Waals surface area contributed by atoms with Crippen LogP contribution in [-0.2, 0) is 4.79 Å². The van der Waals surface area contributed by atoms with Crippen molar-refractivity contribution in [3.8, 4) is 17.2 Å². The molecule has 3 aromatic carbocycles. The molecule has 0 heterocycles. The molecule has 8 nitrogen and oxygen atoms in total. The van der Waals surface area contributed by atoms with Gasteiger partial charge in [0, 0.05) is 23.9 Å². The van der Waals surface area contributed by atoms with Gasteiger partial charge >= 0.3 is 0 Å². The molecule has 8 heteroatoms. The van der Waals surface area contributed by atoms with E-state index in [2.05, 4.69) is 29.4 Å². The number of anilines is 2. The van der Waals surface area contributed by atoms with Gasteiger partial charge in [0.25, 0.3) is 11.8 Å². The van der Waals surface area contributed by atoms with Crippen LogP contribution in [0.1, 0.15) is 24.2 Å². The third-order valence-corrected chi connectivity index (χ3v) is 5.53. The average Bonchev–Trinajstić information content (AvgIpc) is 2.91. The number of para-hydroxylation sites is 2. The minimum atomic E-state index is -0.303. The quantitative estimate of drug-likeness (QED) is 0.361. The molecule has 0 aliphatic carbocycles. The number of amides is 2. The summed E-state index contributed by atoms with van der Waals surface area (Å²) in [5.41, 5.74) is 1.69. The van der Waals surface area contributed by atoms with E-state index in [9.17, 15) is 9.59 Å². The molecule has 0 saturated carbocycles. The minimum absolute atomic E-state index is 0.166. The number of benzene rings is 3. The largest absolute Gasteiger partial charge is 0.497 e. The number of nitrogens with zero attached hydrogens (tertiary/aromatic N) is 1. The molecule has 36 heavy (non-hydrogen) atoms. The molecule has 3 rings (SSSR count). The molecular weight excluding hydrogens is 458 g/mol. The lowest BCUT2D eigenvalue weighted by molar-refractivity contribution is -0.118. The van der Waals surface area contributed by atoms with Crippen molar-refractivity contribution >= 4 is 23.2 Å². The van der Waals surface area contributed by atoms with Crippen molar-refractivity contribution < 1.29 is 23.8 Å². The van der Waals surface area contributed by atoms with Gasteiger partial charge in [0.15, 0.2) is 6.61 Å². The lowest BCUT2D eigenvalue weighted by atomic mass is 10.2. The normalized spacial score (nSPS) is 10.6. The molecule has 0 bridgehead atoms. The van der Waals surface area contributed by atoms with Gasteiger partial charge in [-0.2, -0.15) is 0 Å². The van der Waals surface area contributed by atoms with E-state index in [1.807, 2.05) is 24.3 Å². The fourth-order valence-corrected chi connectivity index (χ4v) is 3.46. The number of methoxy groups -OCH3 is 1. The molecule has 0 aliphatic rings. The van der Waals surface area contributed by atoms with Gasteiger partial charge in [-0.1, -0.05) is 32.0 Å². The number of likely N-dealkylation sites (N-methyl/N-ethyl adjacent to an activating group) is 1. The van der Waals surface area contributed by atoms with Gasteiger partial charge < -0.3 is 29.7 Å². The molecule has 2 amide bonds. The SMILES string of the molecule is CCN(CC)CCOc1ccccc1NC(=O)c1ccc(OCC(=O)Nc2cccc(OC)c2)cc1. The summed E-state index contributed by atoms with van der Waals surface area (Å²) in [6, 6.07) is 21.0. The highest BCUT2D eigenvalue weighted by Crippen LogP contribution is 2.25. The van der Waals surface area contributed by atoms with Crippen molar-refractivity contribution in [1.82, 2.24) is 4.90 Å². The fourth-order valence-electron chi connectivity index (χ4n) is 3.46. The van der Waals surface area contributed by atoms with Crippen LogP contribution in [0.5, 0.6) is 17.2 Å². The Hall–Kier alpha value is -4.04. The number of hydrogen-bond donors (Lipinski definition) is 2. The van der Waals surface area contributed by atoms with Crippen LogP contribution >= 0.6 is 0 Å². The standard InChI is InChI=1S/C28H33N3O5/c1-4-31(5-2)17-18-35-26-12-7-6-11-25(26)30-28(33)21-13-15-23(16-14-21)36-20-27(32)29-22-9-8-10-24(19-22)34-3/h6-16,19H,4-5,17-18,20H2,1-3H3,(H,29,32)(H,30,33). The first-order valence-electron chi connectivity index (χ1n) is 11.9. The van der Waals surface area contributed by atoms with Crippen molar-refractivity contribution in [2.24, 2.45) is 0 Å². The molecule has 190 valence electrons. The first kappa shape index (κ1) is 26.6. The molecule has 0 atom stereocenters. The third-order valence-electron chi connectivity index (χ3n) is 5.53. The Morgan fingerprint density at radius 3 is 2.31 bits per heavy atom. The Balaban J connectivity index is 1.51. The Morgan fingerprint density at radius 2 is 1.58 bits per heavy atom. The van der Waals surface area contributed by atoms with Crippen molar-refractivity contribution in [2.75, 3.05) is 50.6 Å². The van der Waals surface area contributed by atoms with Crippen molar-refractivity contribution in [3.63, 3.8) is 0 Å². The van der Waals surface area contributed by atoms with E-state index in [-0.39, 0.29) is 18.4 Å². The van der Waals surface area contributed by atoms with Crippen LogP contribution in [0.15, 0.2) is 72.8 Å². The summed E-state index contributed by atoms with van der Waals surface area (Å²) < 4.78 is 16.6. The Kier molecular flexibility index (Phi) is 10.1. The second kappa shape index (κ2) is 13.7. The molecule has 0 spiro atoms. The van der Waals surface area contributed by atoms with E-state index in [0.29, 0.717) is 40.8 Å². The number of ether oxygens (including phenoxy) is 3. The van der Waals surface area contributed by atoms with Crippen LogP contribution in [0.25, 0.3) is 0 Å². The summed E-state index contributed by atoms with van der Waals surface area (Å²) in [5, 5.41) is 5.66. The average molecular weight is 492 g/mol. The van der Waals surface area contributed by atoms with Crippen molar-refractivity contribution in [1.29, 1.82) is 0 Å². The van der Waals surface area contributed by atoms with Crippen LogP contribution < -0.4 is 24.8 Å². The lowest BCUT2D eigenvalue weighted by Gasteiger charge is -2.19. The second-order valence-electron chi connectivity index (χ2n) is 7.92. The zero-order valence-electron chi connectivity index (χ0n) is 21.0. The molecule has 0 unspecified atom stereocenters. The van der Waals surface area contributed by atoms with Crippen molar-refractivity contribution in [3.05, 3.63) is 78.4 Å². The van der Waals surface area contributed by atoms with E-state index in [0.717, 1.165) is 19.6 Å².